The van der Waals surface area contributed by atoms with Crippen molar-refractivity contribution in [2.45, 2.75) is 25.8 Å². The van der Waals surface area contributed by atoms with Gasteiger partial charge in [-0.3, -0.25) is 9.69 Å². The number of nitrogens with zero attached hydrogens (tertiary/aromatic N) is 5. The molecular formula is C13H23N7O. The minimum absolute atomic E-state index is 0.0192. The van der Waals surface area contributed by atoms with Crippen LogP contribution in [0.3, 0.4) is 0 Å². The molecule has 1 aliphatic heterocycles. The van der Waals surface area contributed by atoms with Gasteiger partial charge in [0.1, 0.15) is 0 Å². The number of anilines is 2. The van der Waals surface area contributed by atoms with E-state index < -0.39 is 0 Å². The molecule has 116 valence electrons. The second kappa shape index (κ2) is 6.21. The average Bonchev–Trinajstić information content (AvgIpc) is 2.45. The third-order valence-electron chi connectivity index (χ3n) is 3.91. The monoisotopic (exact) mass is 293 g/mol. The van der Waals surface area contributed by atoms with E-state index in [9.17, 15) is 4.79 Å². The normalized spacial score (nSPS) is 18.4. The lowest BCUT2D eigenvalue weighted by atomic mass is 9.95. The number of nitrogen functional groups attached to an aromatic ring is 1. The van der Waals surface area contributed by atoms with Crippen molar-refractivity contribution in [3.63, 3.8) is 0 Å². The Balaban J connectivity index is 2.10. The summed E-state index contributed by atoms with van der Waals surface area (Å²) in [7, 11) is 3.73. The molecule has 1 aromatic rings. The van der Waals surface area contributed by atoms with E-state index in [1.807, 2.05) is 21.0 Å². The van der Waals surface area contributed by atoms with Crippen LogP contribution in [0.15, 0.2) is 0 Å². The van der Waals surface area contributed by atoms with E-state index in [2.05, 4.69) is 19.9 Å². The number of primary amides is 1. The third kappa shape index (κ3) is 3.57. The molecule has 1 saturated heterocycles. The molecule has 0 unspecified atom stereocenters. The van der Waals surface area contributed by atoms with Gasteiger partial charge in [-0.25, -0.2) is 0 Å². The first-order valence-electron chi connectivity index (χ1n) is 7.10. The Morgan fingerprint density at radius 3 is 2.43 bits per heavy atom. The largest absolute Gasteiger partial charge is 0.369 e. The second-order valence-electron chi connectivity index (χ2n) is 5.63. The van der Waals surface area contributed by atoms with Crippen LogP contribution >= 0.6 is 0 Å². The van der Waals surface area contributed by atoms with Crippen LogP contribution in [-0.2, 0) is 4.79 Å². The highest BCUT2D eigenvalue weighted by molar-refractivity contribution is 5.76. The Morgan fingerprint density at radius 1 is 1.29 bits per heavy atom. The predicted molar refractivity (Wildman–Crippen MR) is 80.5 cm³/mol. The zero-order valence-corrected chi connectivity index (χ0v) is 12.8. The zero-order valence-electron chi connectivity index (χ0n) is 12.8. The van der Waals surface area contributed by atoms with Gasteiger partial charge in [-0.2, -0.15) is 15.0 Å². The minimum Gasteiger partial charge on any atom is -0.369 e. The van der Waals surface area contributed by atoms with Crippen LogP contribution in [0.5, 0.6) is 0 Å². The van der Waals surface area contributed by atoms with E-state index in [4.69, 9.17) is 11.5 Å². The highest BCUT2D eigenvalue weighted by Gasteiger charge is 2.28. The Hall–Kier alpha value is -1.96. The van der Waals surface area contributed by atoms with Crippen LogP contribution in [0, 0.1) is 5.92 Å². The summed E-state index contributed by atoms with van der Waals surface area (Å²) in [5, 5.41) is 0. The van der Waals surface area contributed by atoms with Crippen molar-refractivity contribution in [2.75, 3.05) is 37.8 Å². The summed E-state index contributed by atoms with van der Waals surface area (Å²) in [5.74, 6) is 1.21. The summed E-state index contributed by atoms with van der Waals surface area (Å²) in [4.78, 5) is 28.0. The van der Waals surface area contributed by atoms with E-state index >= 15 is 0 Å². The minimum atomic E-state index is -0.207. The molecule has 2 rings (SSSR count). The molecule has 0 aromatic carbocycles. The lowest BCUT2D eigenvalue weighted by molar-refractivity contribution is -0.123. The highest BCUT2D eigenvalue weighted by atomic mass is 16.1. The van der Waals surface area contributed by atoms with Crippen molar-refractivity contribution in [2.24, 2.45) is 11.7 Å². The summed E-state index contributed by atoms with van der Waals surface area (Å²) < 4.78 is 0. The van der Waals surface area contributed by atoms with Gasteiger partial charge in [0.25, 0.3) is 0 Å². The van der Waals surface area contributed by atoms with Gasteiger partial charge in [-0.05, 0) is 32.9 Å². The number of carbonyl (C=O) groups excluding carboxylic acids is 1. The van der Waals surface area contributed by atoms with Crippen molar-refractivity contribution in [3.8, 4) is 0 Å². The van der Waals surface area contributed by atoms with E-state index in [-0.39, 0.29) is 23.8 Å². The van der Waals surface area contributed by atoms with Gasteiger partial charge in [0.05, 0.1) is 6.04 Å². The molecule has 21 heavy (non-hydrogen) atoms. The molecule has 1 aromatic heterocycles. The van der Waals surface area contributed by atoms with Crippen LogP contribution in [0.1, 0.15) is 31.6 Å². The number of piperidine rings is 1. The number of carbonyl (C=O) groups is 1. The quantitative estimate of drug-likeness (QED) is 0.788. The molecule has 0 saturated carbocycles. The maximum Gasteiger partial charge on any atom is 0.229 e. The number of amides is 1. The van der Waals surface area contributed by atoms with Crippen molar-refractivity contribution in [1.82, 2.24) is 19.9 Å². The first-order chi connectivity index (χ1) is 9.88. The van der Waals surface area contributed by atoms with Gasteiger partial charge < -0.3 is 16.4 Å². The molecule has 0 aliphatic carbocycles. The summed E-state index contributed by atoms with van der Waals surface area (Å²) in [6.45, 7) is 3.65. The Morgan fingerprint density at radius 2 is 1.90 bits per heavy atom. The van der Waals surface area contributed by atoms with E-state index in [0.717, 1.165) is 25.9 Å². The lowest BCUT2D eigenvalue weighted by Gasteiger charge is -2.34. The average molecular weight is 293 g/mol. The van der Waals surface area contributed by atoms with Gasteiger partial charge in [0, 0.05) is 20.0 Å². The number of rotatable bonds is 4. The van der Waals surface area contributed by atoms with Crippen LogP contribution in [0.4, 0.5) is 11.9 Å². The smallest absolute Gasteiger partial charge is 0.229 e. The Labute approximate surface area is 124 Å². The number of aromatic nitrogens is 3. The molecule has 2 heterocycles. The van der Waals surface area contributed by atoms with Crippen LogP contribution in [0.2, 0.25) is 0 Å². The molecule has 1 amide bonds. The summed E-state index contributed by atoms with van der Waals surface area (Å²) in [5.41, 5.74) is 11.1. The van der Waals surface area contributed by atoms with E-state index in [1.165, 1.54) is 0 Å². The molecule has 8 nitrogen and oxygen atoms in total. The van der Waals surface area contributed by atoms with Gasteiger partial charge in [0.15, 0.2) is 5.82 Å². The summed E-state index contributed by atoms with van der Waals surface area (Å²) in [6.07, 6.45) is 1.56. The summed E-state index contributed by atoms with van der Waals surface area (Å²) in [6, 6.07) is 0.0304. The first-order valence-corrected chi connectivity index (χ1v) is 7.10. The molecule has 8 heteroatoms. The van der Waals surface area contributed by atoms with Gasteiger partial charge in [-0.15, -0.1) is 0 Å². The van der Waals surface area contributed by atoms with E-state index in [1.54, 1.807) is 4.90 Å². The molecule has 4 N–H and O–H groups in total. The second-order valence-corrected chi connectivity index (χ2v) is 5.63. The third-order valence-corrected chi connectivity index (χ3v) is 3.91. The fourth-order valence-corrected chi connectivity index (χ4v) is 2.52. The topological polar surface area (TPSA) is 114 Å². The fourth-order valence-electron chi connectivity index (χ4n) is 2.52. The highest BCUT2D eigenvalue weighted by Crippen LogP contribution is 2.25. The van der Waals surface area contributed by atoms with Crippen molar-refractivity contribution in [1.29, 1.82) is 0 Å². The van der Waals surface area contributed by atoms with Crippen molar-refractivity contribution >= 4 is 17.8 Å². The van der Waals surface area contributed by atoms with Crippen molar-refractivity contribution in [3.05, 3.63) is 5.82 Å². The SMILES string of the molecule is C[C@H](c1nc(N)nc(N(C)C)n1)N1CCC(C(N)=O)CC1. The number of hydrogen-bond acceptors (Lipinski definition) is 7. The molecule has 0 spiro atoms. The Bertz CT molecular complexity index is 511. The molecular weight excluding hydrogens is 270 g/mol. The van der Waals surface area contributed by atoms with Gasteiger partial charge in [-0.1, -0.05) is 0 Å². The Kier molecular flexibility index (Phi) is 4.56. The predicted octanol–water partition coefficient (Wildman–Crippen LogP) is -0.222. The zero-order chi connectivity index (χ0) is 15.6. The van der Waals surface area contributed by atoms with Crippen LogP contribution < -0.4 is 16.4 Å². The molecule has 1 aliphatic rings. The molecule has 1 atom stereocenters. The number of nitrogens with two attached hydrogens (primary N) is 2. The maximum absolute atomic E-state index is 11.2. The van der Waals surface area contributed by atoms with Crippen LogP contribution in [-0.4, -0.2) is 52.9 Å². The first kappa shape index (κ1) is 15.4. The number of likely N-dealkylation sites (tertiary alicyclic amines) is 1. The fraction of sp³-hybridized carbons (Fsp3) is 0.692. The number of hydrogen-bond donors (Lipinski definition) is 2. The maximum atomic E-state index is 11.2. The van der Waals surface area contributed by atoms with Gasteiger partial charge >= 0.3 is 0 Å². The molecule has 0 radical (unpaired) electrons. The van der Waals surface area contributed by atoms with E-state index in [0.29, 0.717) is 11.8 Å². The standard InChI is InChI=1S/C13H23N7O/c1-8(20-6-4-9(5-7-20)10(14)21)11-16-12(15)18-13(17-11)19(2)3/h8-9H,4-7H2,1-3H3,(H2,14,21)(H2,15,16,17,18)/t8-/m1/s1. The van der Waals surface area contributed by atoms with Crippen molar-refractivity contribution < 1.29 is 4.79 Å². The van der Waals surface area contributed by atoms with Crippen LogP contribution in [0.25, 0.3) is 0 Å². The summed E-state index contributed by atoms with van der Waals surface area (Å²) >= 11 is 0. The molecule has 1 fully saturated rings. The molecule has 0 bridgehead atoms. The lowest BCUT2D eigenvalue weighted by Crippen LogP contribution is -2.40. The van der Waals surface area contributed by atoms with Gasteiger partial charge in [0.2, 0.25) is 17.8 Å².